The van der Waals surface area contributed by atoms with Crippen molar-refractivity contribution >= 4 is 120 Å². The van der Waals surface area contributed by atoms with E-state index in [2.05, 4.69) is 211 Å². The first kappa shape index (κ1) is 71.5. The van der Waals surface area contributed by atoms with Crippen molar-refractivity contribution in [2.45, 2.75) is 187 Å². The fourth-order valence-corrected chi connectivity index (χ4v) is 15.3. The molecule has 0 spiro atoms. The number of ether oxygens (including phenoxy) is 4. The number of nitrogens with zero attached hydrogens (tertiary/aromatic N) is 7. The van der Waals surface area contributed by atoms with E-state index >= 15 is 0 Å². The summed E-state index contributed by atoms with van der Waals surface area (Å²) >= 11 is 9.28. The van der Waals surface area contributed by atoms with E-state index in [-0.39, 0.29) is 52.2 Å². The second-order valence-corrected chi connectivity index (χ2v) is 31.0. The van der Waals surface area contributed by atoms with Gasteiger partial charge in [-0.15, -0.1) is 6.42 Å². The minimum Gasteiger partial charge on any atom is -0.444 e. The third-order valence-electron chi connectivity index (χ3n) is 17.8. The highest BCUT2D eigenvalue weighted by Crippen LogP contribution is 2.39. The summed E-state index contributed by atoms with van der Waals surface area (Å²) in [5.41, 5.74) is 4.10. The molecule has 2 amide bonds. The normalized spacial score (nSPS) is 26.1. The zero-order valence-corrected chi connectivity index (χ0v) is 58.5. The second kappa shape index (κ2) is 32.1. The molecule has 10 saturated heterocycles. The molecule has 14 nitrogen and oxygen atoms in total. The van der Waals surface area contributed by atoms with Crippen LogP contribution >= 0.6 is 90.4 Å². The molecule has 0 aliphatic carbocycles. The van der Waals surface area contributed by atoms with Gasteiger partial charge in [-0.2, -0.15) is 0 Å². The number of rotatable bonds is 5. The van der Waals surface area contributed by atoms with Crippen molar-refractivity contribution in [3.05, 3.63) is 117 Å². The Morgan fingerprint density at radius 2 is 0.701 bits per heavy atom. The Labute approximate surface area is 577 Å². The number of benzene rings is 4. The van der Waals surface area contributed by atoms with Crippen LogP contribution in [0.2, 0.25) is 0 Å². The molecule has 10 aliphatic heterocycles. The summed E-state index contributed by atoms with van der Waals surface area (Å²) < 4.78 is 26.9. The van der Waals surface area contributed by atoms with Crippen LogP contribution in [0.3, 0.4) is 0 Å². The molecule has 10 heterocycles. The molecule has 10 aliphatic rings. The Morgan fingerprint density at radius 1 is 0.437 bits per heavy atom. The molecule has 8 atom stereocenters. The summed E-state index contributed by atoms with van der Waals surface area (Å²) in [7, 11) is 0. The first-order valence-corrected chi connectivity index (χ1v) is 34.7. The molecule has 0 radical (unpaired) electrons. The van der Waals surface area contributed by atoms with Crippen LogP contribution in [0, 0.1) is 26.6 Å². The molecular weight excluding hydrogens is 1540 g/mol. The number of fused-ring (bicyclic) bond motifs is 8. The van der Waals surface area contributed by atoms with E-state index < -0.39 is 5.60 Å². The van der Waals surface area contributed by atoms with Gasteiger partial charge in [0.25, 0.3) is 0 Å². The highest BCUT2D eigenvalue weighted by Gasteiger charge is 2.48. The van der Waals surface area contributed by atoms with E-state index in [1.54, 1.807) is 0 Å². The summed E-state index contributed by atoms with van der Waals surface area (Å²) in [5.74, 6) is 2.68. The van der Waals surface area contributed by atoms with Gasteiger partial charge >= 0.3 is 12.2 Å². The number of piperazine rings is 4. The standard InChI is InChI=1S/C17H23IN2O2.C17H20N2O.C15H19IN2O.C11H20N2O2.C6H4I2.3CH4/c1-17(2,3)22-16(21)20-14-8-9-15(20)11-19(10-14)13-6-4-12(18)5-7-13;1-2-13-3-5-14(6-4-13)18-9-15-7-8-16(10-18)19(15)17-11-20-12-17;16-11-1-3-12(4-2-11)17-7-13-5-6-14(8-17)18(13)15-9-19-10-15;1-11(2,3)15-10(14)13-8-4-5-9(13)7-12-6-8;7-5-1-2-6(8)4-3-5;;;/h4-7,14-15H,8-11H2,1-3H3;1,3-6,15-17H,7-12H2;1-4,13-15H,5-10H2;8-9,12H,4-7H2,1-3H3;1-4H;3*1H4. The van der Waals surface area contributed by atoms with E-state index in [4.69, 9.17) is 25.4 Å². The van der Waals surface area contributed by atoms with Crippen LogP contribution in [-0.4, -0.2) is 182 Å². The molecule has 18 heteroatoms. The number of terminal acetylenes is 1. The molecule has 478 valence electrons. The van der Waals surface area contributed by atoms with Gasteiger partial charge in [-0.1, -0.05) is 28.2 Å². The predicted molar refractivity (Wildman–Crippen MR) is 391 cm³/mol. The fourth-order valence-electron chi connectivity index (χ4n) is 13.9. The zero-order valence-electron chi connectivity index (χ0n) is 49.8. The summed E-state index contributed by atoms with van der Waals surface area (Å²) in [6.07, 6.45) is 14.9. The average molecular weight is 1640 g/mol. The quantitative estimate of drug-likeness (QED) is 0.152. The Kier molecular flexibility index (Phi) is 26.4. The van der Waals surface area contributed by atoms with Crippen molar-refractivity contribution in [3.8, 4) is 12.3 Å². The molecule has 0 aromatic heterocycles. The van der Waals surface area contributed by atoms with Gasteiger partial charge in [0.2, 0.25) is 0 Å². The number of carbonyl (C=O) groups excluding carboxylic acids is 2. The predicted octanol–water partition coefficient (Wildman–Crippen LogP) is 14.1. The smallest absolute Gasteiger partial charge is 0.410 e. The molecule has 14 rings (SSSR count). The van der Waals surface area contributed by atoms with Gasteiger partial charge in [0, 0.05) is 126 Å². The first-order valence-electron chi connectivity index (χ1n) is 30.4. The summed E-state index contributed by atoms with van der Waals surface area (Å²) in [6, 6.07) is 39.9. The highest BCUT2D eigenvalue weighted by atomic mass is 127. The van der Waals surface area contributed by atoms with Crippen molar-refractivity contribution in [2.75, 3.05) is 93.5 Å². The number of hydrogen-bond donors (Lipinski definition) is 1. The van der Waals surface area contributed by atoms with Crippen LogP contribution in [-0.2, 0) is 18.9 Å². The topological polar surface area (TPSA) is 106 Å². The Morgan fingerprint density at radius 3 is 0.989 bits per heavy atom. The Hall–Kier alpha value is -2.90. The summed E-state index contributed by atoms with van der Waals surface area (Å²) in [4.78, 5) is 41.3. The third-order valence-corrected chi connectivity index (χ3v) is 20.7. The number of halogens is 4. The molecule has 10 fully saturated rings. The maximum absolute atomic E-state index is 12.4. The fraction of sp³-hybridized carbons (Fsp3) is 0.594. The Bertz CT molecular complexity index is 2770. The van der Waals surface area contributed by atoms with Crippen LogP contribution < -0.4 is 20.0 Å². The molecule has 4 aromatic carbocycles. The van der Waals surface area contributed by atoms with Crippen LogP contribution in [0.5, 0.6) is 0 Å². The van der Waals surface area contributed by atoms with Gasteiger partial charge in [0.05, 0.1) is 50.6 Å². The lowest BCUT2D eigenvalue weighted by molar-refractivity contribution is -0.0850. The third kappa shape index (κ3) is 18.7. The maximum atomic E-state index is 12.4. The van der Waals surface area contributed by atoms with Gasteiger partial charge in [-0.05, 0) is 280 Å². The Balaban J connectivity index is 0.000000158. The van der Waals surface area contributed by atoms with Crippen molar-refractivity contribution < 1.29 is 28.5 Å². The first-order chi connectivity index (χ1) is 40.2. The van der Waals surface area contributed by atoms with Crippen LogP contribution in [0.4, 0.5) is 26.7 Å². The molecule has 8 bridgehead atoms. The van der Waals surface area contributed by atoms with E-state index in [0.29, 0.717) is 36.3 Å². The largest absolute Gasteiger partial charge is 0.444 e. The molecule has 8 unspecified atom stereocenters. The van der Waals surface area contributed by atoms with E-state index in [9.17, 15) is 9.59 Å². The lowest BCUT2D eigenvalue weighted by Crippen LogP contribution is -2.62. The van der Waals surface area contributed by atoms with E-state index in [0.717, 1.165) is 109 Å². The van der Waals surface area contributed by atoms with Gasteiger partial charge < -0.3 is 39.0 Å². The minimum absolute atomic E-state index is 0. The maximum Gasteiger partial charge on any atom is 0.410 e. The lowest BCUT2D eigenvalue weighted by Gasteiger charge is -2.48. The number of nitrogens with one attached hydrogen (secondary N) is 1. The SMILES string of the molecule is C.C.C.C#Cc1ccc(N2CC3CCC(C2)N3C2COC2)cc1.CC(C)(C)OC(=O)N1C2CCC1CN(c1ccc(I)cc1)C2.CC(C)(C)OC(=O)N1C2CCC1CNC2.Ic1ccc(I)cc1.Ic1ccc(N2CC3CCC(C2)N3C2COC2)cc1. The van der Waals surface area contributed by atoms with Crippen molar-refractivity contribution in [1.82, 2.24) is 24.9 Å². The minimum atomic E-state index is -0.427. The molecular formula is C69H98I4N8O6. The number of hydrogen-bond acceptors (Lipinski definition) is 12. The van der Waals surface area contributed by atoms with E-state index in [1.807, 2.05) is 63.5 Å². The lowest BCUT2D eigenvalue weighted by atomic mass is 10.1. The number of carbonyl (C=O) groups is 2. The van der Waals surface area contributed by atoms with Gasteiger partial charge in [-0.25, -0.2) is 9.59 Å². The molecule has 1 N–H and O–H groups in total. The second-order valence-electron chi connectivity index (χ2n) is 26.0. The number of amides is 2. The molecule has 87 heavy (non-hydrogen) atoms. The van der Waals surface area contributed by atoms with Crippen molar-refractivity contribution in [2.24, 2.45) is 0 Å². The summed E-state index contributed by atoms with van der Waals surface area (Å²) in [5, 5.41) is 3.35. The average Bonchev–Trinajstić information content (AvgIpc) is 2.35. The van der Waals surface area contributed by atoms with Gasteiger partial charge in [-0.3, -0.25) is 19.6 Å². The van der Waals surface area contributed by atoms with Crippen molar-refractivity contribution in [1.29, 1.82) is 0 Å². The monoisotopic (exact) mass is 1640 g/mol. The van der Waals surface area contributed by atoms with Gasteiger partial charge in [0.15, 0.2) is 0 Å². The van der Waals surface area contributed by atoms with Gasteiger partial charge in [0.1, 0.15) is 11.2 Å². The van der Waals surface area contributed by atoms with Crippen LogP contribution in [0.25, 0.3) is 0 Å². The van der Waals surface area contributed by atoms with E-state index in [1.165, 1.54) is 70.1 Å². The van der Waals surface area contributed by atoms with Crippen LogP contribution in [0.1, 0.15) is 121 Å². The van der Waals surface area contributed by atoms with Crippen LogP contribution in [0.15, 0.2) is 97.1 Å². The number of anilines is 3. The summed E-state index contributed by atoms with van der Waals surface area (Å²) in [6.45, 7) is 23.6. The molecule has 0 saturated carbocycles. The van der Waals surface area contributed by atoms with Crippen molar-refractivity contribution in [3.63, 3.8) is 0 Å². The molecule has 4 aromatic rings. The highest BCUT2D eigenvalue weighted by molar-refractivity contribution is 14.1. The zero-order chi connectivity index (χ0) is 59.3.